The van der Waals surface area contributed by atoms with Gasteiger partial charge >= 0.3 is 12.1 Å². The lowest BCUT2D eigenvalue weighted by Crippen LogP contribution is -2.46. The van der Waals surface area contributed by atoms with E-state index in [1.807, 2.05) is 54.6 Å². The second-order valence-electron chi connectivity index (χ2n) is 10.7. The molecule has 8 nitrogen and oxygen atoms in total. The highest BCUT2D eigenvalue weighted by atomic mass is 16.6. The number of imidazole rings is 1. The maximum Gasteiger partial charge on any atom is 0.407 e. The highest BCUT2D eigenvalue weighted by molar-refractivity contribution is 5.82. The molecule has 1 unspecified atom stereocenters. The maximum atomic E-state index is 13.1. The summed E-state index contributed by atoms with van der Waals surface area (Å²) in [6, 6.07) is 24.7. The first-order valence-electron chi connectivity index (χ1n) is 13.1. The number of nitriles is 1. The topological polar surface area (TPSA) is 106 Å². The van der Waals surface area contributed by atoms with Crippen molar-refractivity contribution in [3.8, 4) is 22.9 Å². The van der Waals surface area contributed by atoms with Crippen molar-refractivity contribution in [2.24, 2.45) is 0 Å². The van der Waals surface area contributed by atoms with E-state index < -0.39 is 23.7 Å². The van der Waals surface area contributed by atoms with Crippen molar-refractivity contribution in [1.82, 2.24) is 14.9 Å². The predicted octanol–water partition coefficient (Wildman–Crippen LogP) is 5.54. The summed E-state index contributed by atoms with van der Waals surface area (Å²) in [5.41, 5.74) is 5.74. The highest BCUT2D eigenvalue weighted by Crippen LogP contribution is 2.44. The van der Waals surface area contributed by atoms with Crippen LogP contribution in [0.2, 0.25) is 0 Å². The number of nitrogens with one attached hydrogen (secondary N) is 1. The third-order valence-corrected chi connectivity index (χ3v) is 6.70. The smallest absolute Gasteiger partial charge is 0.407 e. The Labute approximate surface area is 233 Å². The quantitative estimate of drug-likeness (QED) is 0.312. The lowest BCUT2D eigenvalue weighted by atomic mass is 9.98. The summed E-state index contributed by atoms with van der Waals surface area (Å²) in [6.45, 7) is 5.49. The standard InChI is InChI=1S/C32H30N4O4/c1-32(2,3)40-30(37)29(16-21-12-14-23(15-13-21)36-18-22(17-33)34-20-36)35-31(38)39-19-28-26-10-6-4-8-24(26)25-9-5-7-11-27(25)28/h4-15,18,20,28-29H,16,19H2,1-3H3,(H,35,38). The number of benzene rings is 3. The summed E-state index contributed by atoms with van der Waals surface area (Å²) < 4.78 is 13.0. The number of amides is 1. The van der Waals surface area contributed by atoms with Crippen molar-refractivity contribution in [2.45, 2.75) is 44.8 Å². The van der Waals surface area contributed by atoms with Crippen LogP contribution in [0.3, 0.4) is 0 Å². The first-order chi connectivity index (χ1) is 19.2. The monoisotopic (exact) mass is 534 g/mol. The molecule has 0 aliphatic heterocycles. The minimum atomic E-state index is -0.945. The minimum Gasteiger partial charge on any atom is -0.458 e. The SMILES string of the molecule is CC(C)(C)OC(=O)C(Cc1ccc(-n2cnc(C#N)c2)cc1)NC(=O)OCC1c2ccccc2-c2ccccc21. The zero-order valence-corrected chi connectivity index (χ0v) is 22.6. The number of fused-ring (bicyclic) bond motifs is 3. The summed E-state index contributed by atoms with van der Waals surface area (Å²) in [5.74, 6) is -0.631. The molecule has 1 aliphatic carbocycles. The molecular weight excluding hydrogens is 504 g/mol. The summed E-state index contributed by atoms with van der Waals surface area (Å²) in [6.07, 6.45) is 2.73. The predicted molar refractivity (Wildman–Crippen MR) is 150 cm³/mol. The molecule has 8 heteroatoms. The fourth-order valence-corrected chi connectivity index (χ4v) is 4.91. The molecule has 1 amide bonds. The molecule has 5 rings (SSSR count). The van der Waals surface area contributed by atoms with Crippen molar-refractivity contribution in [2.75, 3.05) is 6.61 Å². The summed E-state index contributed by atoms with van der Waals surface area (Å²) in [4.78, 5) is 30.1. The normalized spacial score (nSPS) is 13.1. The highest BCUT2D eigenvalue weighted by Gasteiger charge is 2.31. The molecule has 0 fully saturated rings. The van der Waals surface area contributed by atoms with E-state index in [4.69, 9.17) is 14.7 Å². The van der Waals surface area contributed by atoms with Crippen LogP contribution in [-0.4, -0.2) is 39.9 Å². The summed E-state index contributed by atoms with van der Waals surface area (Å²) in [5, 5.41) is 11.7. The Kier molecular flexibility index (Phi) is 7.39. The molecule has 0 bridgehead atoms. The molecule has 40 heavy (non-hydrogen) atoms. The molecule has 0 radical (unpaired) electrons. The van der Waals surface area contributed by atoms with Crippen LogP contribution in [-0.2, 0) is 20.7 Å². The van der Waals surface area contributed by atoms with Gasteiger partial charge in [0.05, 0.1) is 0 Å². The number of nitrogens with zero attached hydrogens (tertiary/aromatic N) is 3. The van der Waals surface area contributed by atoms with E-state index in [0.717, 1.165) is 33.5 Å². The molecule has 3 aromatic carbocycles. The molecule has 0 saturated carbocycles. The number of esters is 1. The van der Waals surface area contributed by atoms with Gasteiger partial charge < -0.3 is 19.4 Å². The Morgan fingerprint density at radius 2 is 1.62 bits per heavy atom. The van der Waals surface area contributed by atoms with Gasteiger partial charge in [-0.1, -0.05) is 60.7 Å². The number of alkyl carbamates (subject to hydrolysis) is 1. The zero-order chi connectivity index (χ0) is 28.3. The van der Waals surface area contributed by atoms with Crippen LogP contribution in [0.1, 0.15) is 49.1 Å². The molecule has 4 aromatic rings. The number of carbonyl (C=O) groups is 2. The lowest BCUT2D eigenvalue weighted by Gasteiger charge is -2.25. The zero-order valence-electron chi connectivity index (χ0n) is 22.6. The van der Waals surface area contributed by atoms with E-state index in [-0.39, 0.29) is 18.9 Å². The number of hydrogen-bond donors (Lipinski definition) is 1. The molecule has 1 heterocycles. The van der Waals surface area contributed by atoms with Crippen molar-refractivity contribution in [1.29, 1.82) is 5.26 Å². The lowest BCUT2D eigenvalue weighted by molar-refractivity contribution is -0.157. The number of hydrogen-bond acceptors (Lipinski definition) is 6. The minimum absolute atomic E-state index is 0.0876. The fraction of sp³-hybridized carbons (Fsp3) is 0.250. The molecule has 1 N–H and O–H groups in total. The molecule has 202 valence electrons. The van der Waals surface area contributed by atoms with Gasteiger partial charge in [-0.2, -0.15) is 5.26 Å². The van der Waals surface area contributed by atoms with E-state index in [9.17, 15) is 9.59 Å². The molecule has 0 saturated heterocycles. The van der Waals surface area contributed by atoms with Gasteiger partial charge in [-0.05, 0) is 60.7 Å². The third-order valence-electron chi connectivity index (χ3n) is 6.70. The van der Waals surface area contributed by atoms with E-state index in [2.05, 4.69) is 34.6 Å². The Morgan fingerprint density at radius 1 is 1.00 bits per heavy atom. The van der Waals surface area contributed by atoms with Gasteiger partial charge in [0, 0.05) is 24.2 Å². The van der Waals surface area contributed by atoms with Gasteiger partial charge in [0.1, 0.15) is 30.6 Å². The molecule has 1 aliphatic rings. The fourth-order valence-electron chi connectivity index (χ4n) is 4.91. The largest absolute Gasteiger partial charge is 0.458 e. The molecule has 1 atom stereocenters. The van der Waals surface area contributed by atoms with Crippen molar-refractivity contribution in [3.63, 3.8) is 0 Å². The van der Waals surface area contributed by atoms with Crippen LogP contribution in [0.5, 0.6) is 0 Å². The Balaban J connectivity index is 1.28. The van der Waals surface area contributed by atoms with Gasteiger partial charge in [-0.15, -0.1) is 0 Å². The van der Waals surface area contributed by atoms with Crippen LogP contribution >= 0.6 is 0 Å². The van der Waals surface area contributed by atoms with Crippen molar-refractivity contribution >= 4 is 12.1 Å². The molecular formula is C32H30N4O4. The average Bonchev–Trinajstić information content (AvgIpc) is 3.54. The van der Waals surface area contributed by atoms with Gasteiger partial charge in [0.2, 0.25) is 0 Å². The van der Waals surface area contributed by atoms with Crippen molar-refractivity contribution < 1.29 is 19.1 Å². The van der Waals surface area contributed by atoms with Crippen molar-refractivity contribution in [3.05, 3.63) is 108 Å². The van der Waals surface area contributed by atoms with Gasteiger partial charge in [-0.3, -0.25) is 0 Å². The van der Waals surface area contributed by atoms with Gasteiger partial charge in [0.15, 0.2) is 5.69 Å². The van der Waals surface area contributed by atoms with Gasteiger partial charge in [-0.25, -0.2) is 14.6 Å². The maximum absolute atomic E-state index is 13.1. The Hall–Kier alpha value is -4.90. The van der Waals surface area contributed by atoms with Crippen LogP contribution < -0.4 is 5.32 Å². The average molecular weight is 535 g/mol. The van der Waals surface area contributed by atoms with Crippen LogP contribution in [0.15, 0.2) is 85.3 Å². The molecule has 0 spiro atoms. The van der Waals surface area contributed by atoms with E-state index in [0.29, 0.717) is 5.69 Å². The number of rotatable bonds is 7. The number of aromatic nitrogens is 2. The number of ether oxygens (including phenoxy) is 2. The first-order valence-corrected chi connectivity index (χ1v) is 13.1. The summed E-state index contributed by atoms with van der Waals surface area (Å²) in [7, 11) is 0. The van der Waals surface area contributed by atoms with Crippen LogP contribution in [0.4, 0.5) is 4.79 Å². The van der Waals surface area contributed by atoms with E-state index >= 15 is 0 Å². The number of carbonyl (C=O) groups excluding carboxylic acids is 2. The van der Waals surface area contributed by atoms with Crippen LogP contribution in [0, 0.1) is 11.3 Å². The molecule has 1 aromatic heterocycles. The van der Waals surface area contributed by atoms with E-state index in [1.54, 1.807) is 37.9 Å². The second-order valence-corrected chi connectivity index (χ2v) is 10.7. The first kappa shape index (κ1) is 26.7. The van der Waals surface area contributed by atoms with E-state index in [1.165, 1.54) is 0 Å². The van der Waals surface area contributed by atoms with Crippen LogP contribution in [0.25, 0.3) is 16.8 Å². The Morgan fingerprint density at radius 3 is 2.20 bits per heavy atom. The van der Waals surface area contributed by atoms with Gasteiger partial charge in [0.25, 0.3) is 0 Å². The second kappa shape index (κ2) is 11.1. The third kappa shape index (κ3) is 5.89. The Bertz CT molecular complexity index is 1530. The summed E-state index contributed by atoms with van der Waals surface area (Å²) >= 11 is 0.